The summed E-state index contributed by atoms with van der Waals surface area (Å²) >= 11 is 11.9. The van der Waals surface area contributed by atoms with Crippen molar-refractivity contribution in [3.8, 4) is 11.3 Å². The summed E-state index contributed by atoms with van der Waals surface area (Å²) in [6.07, 6.45) is 3.25. The first-order chi connectivity index (χ1) is 12.1. The highest BCUT2D eigenvalue weighted by Crippen LogP contribution is 2.25. The molecular weight excluding hydrogens is 359 g/mol. The minimum Gasteiger partial charge on any atom is -0.441 e. The molecule has 1 heterocycles. The van der Waals surface area contributed by atoms with E-state index in [0.29, 0.717) is 40.9 Å². The number of amides is 1. The molecule has 25 heavy (non-hydrogen) atoms. The first-order valence-corrected chi connectivity index (χ1v) is 8.62. The van der Waals surface area contributed by atoms with Crippen molar-refractivity contribution in [3.05, 3.63) is 70.7 Å². The molecule has 2 aromatic carbocycles. The molecule has 1 N–H and O–H groups in total. The van der Waals surface area contributed by atoms with Crippen molar-refractivity contribution < 1.29 is 9.21 Å². The van der Waals surface area contributed by atoms with Gasteiger partial charge < -0.3 is 9.73 Å². The lowest BCUT2D eigenvalue weighted by molar-refractivity contribution is -0.116. The second kappa shape index (κ2) is 8.19. The van der Waals surface area contributed by atoms with Gasteiger partial charge in [-0.1, -0.05) is 53.5 Å². The predicted molar refractivity (Wildman–Crippen MR) is 100.0 cm³/mol. The third-order valence-corrected chi connectivity index (χ3v) is 4.17. The molecule has 0 saturated heterocycles. The van der Waals surface area contributed by atoms with Gasteiger partial charge in [-0.3, -0.25) is 4.79 Å². The Hall–Kier alpha value is -2.30. The Labute approximate surface area is 155 Å². The number of benzene rings is 2. The van der Waals surface area contributed by atoms with Crippen molar-refractivity contribution in [1.82, 2.24) is 4.98 Å². The minimum atomic E-state index is -0.126. The van der Waals surface area contributed by atoms with Gasteiger partial charge in [0.1, 0.15) is 0 Å². The Morgan fingerprint density at radius 1 is 1.12 bits per heavy atom. The number of halogens is 2. The molecule has 0 saturated carbocycles. The molecule has 3 aromatic rings. The van der Waals surface area contributed by atoms with Gasteiger partial charge in [-0.05, 0) is 24.6 Å². The van der Waals surface area contributed by atoms with Crippen LogP contribution in [0.1, 0.15) is 18.7 Å². The molecule has 0 unspecified atom stereocenters. The smallest absolute Gasteiger partial charge is 0.224 e. The monoisotopic (exact) mass is 374 g/mol. The molecule has 0 aliphatic carbocycles. The van der Waals surface area contributed by atoms with Gasteiger partial charge in [0.15, 0.2) is 11.7 Å². The van der Waals surface area contributed by atoms with E-state index < -0.39 is 0 Å². The summed E-state index contributed by atoms with van der Waals surface area (Å²) in [5.41, 5.74) is 1.50. The lowest BCUT2D eigenvalue weighted by atomic mass is 10.2. The summed E-state index contributed by atoms with van der Waals surface area (Å²) < 4.78 is 5.72. The number of rotatable bonds is 6. The molecule has 1 aromatic heterocycles. The van der Waals surface area contributed by atoms with Crippen LogP contribution in [-0.4, -0.2) is 10.9 Å². The van der Waals surface area contributed by atoms with Crippen LogP contribution in [0.25, 0.3) is 11.3 Å². The maximum absolute atomic E-state index is 12.0. The molecular formula is C19H16Cl2N2O2. The number of oxazole rings is 1. The standard InChI is InChI=1S/C19H16Cl2N2O2/c20-14-9-10-15(21)16(11-14)23-18(24)7-4-8-19-22-12-17(25-19)13-5-2-1-3-6-13/h1-3,5-6,9-12H,4,7-8H2,(H,23,24). The average Bonchev–Trinajstić information content (AvgIpc) is 3.08. The van der Waals surface area contributed by atoms with Crippen molar-refractivity contribution in [2.75, 3.05) is 5.32 Å². The van der Waals surface area contributed by atoms with Crippen LogP contribution in [0.5, 0.6) is 0 Å². The maximum atomic E-state index is 12.0. The van der Waals surface area contributed by atoms with Crippen molar-refractivity contribution in [2.24, 2.45) is 0 Å². The Balaban J connectivity index is 1.50. The molecule has 0 aliphatic heterocycles. The number of aromatic nitrogens is 1. The van der Waals surface area contributed by atoms with Crippen molar-refractivity contribution in [2.45, 2.75) is 19.3 Å². The van der Waals surface area contributed by atoms with E-state index in [1.165, 1.54) is 0 Å². The van der Waals surface area contributed by atoms with Gasteiger partial charge >= 0.3 is 0 Å². The van der Waals surface area contributed by atoms with Crippen LogP contribution in [0, 0.1) is 0 Å². The van der Waals surface area contributed by atoms with Gasteiger partial charge in [-0.15, -0.1) is 0 Å². The van der Waals surface area contributed by atoms with Crippen molar-refractivity contribution in [3.63, 3.8) is 0 Å². The van der Waals surface area contributed by atoms with Crippen LogP contribution in [0.15, 0.2) is 59.1 Å². The fourth-order valence-corrected chi connectivity index (χ4v) is 2.70. The summed E-state index contributed by atoms with van der Waals surface area (Å²) in [5.74, 6) is 1.22. The van der Waals surface area contributed by atoms with Crippen LogP contribution in [0.2, 0.25) is 10.0 Å². The van der Waals surface area contributed by atoms with Crippen LogP contribution in [0.3, 0.4) is 0 Å². The molecule has 1 amide bonds. The highest BCUT2D eigenvalue weighted by molar-refractivity contribution is 6.35. The number of nitrogens with one attached hydrogen (secondary N) is 1. The first kappa shape index (κ1) is 17.5. The molecule has 3 rings (SSSR count). The zero-order chi connectivity index (χ0) is 17.6. The van der Waals surface area contributed by atoms with Gasteiger partial charge in [-0.25, -0.2) is 4.98 Å². The number of aryl methyl sites for hydroxylation is 1. The quantitative estimate of drug-likeness (QED) is 0.609. The topological polar surface area (TPSA) is 55.1 Å². The highest BCUT2D eigenvalue weighted by atomic mass is 35.5. The SMILES string of the molecule is O=C(CCCc1ncc(-c2ccccc2)o1)Nc1cc(Cl)ccc1Cl. The lowest BCUT2D eigenvalue weighted by Crippen LogP contribution is -2.11. The van der Waals surface area contributed by atoms with Crippen LogP contribution >= 0.6 is 23.2 Å². The van der Waals surface area contributed by atoms with E-state index in [9.17, 15) is 4.79 Å². The Kier molecular flexibility index (Phi) is 5.74. The number of hydrogen-bond donors (Lipinski definition) is 1. The number of carbonyl (C=O) groups is 1. The fraction of sp³-hybridized carbons (Fsp3) is 0.158. The molecule has 0 bridgehead atoms. The first-order valence-electron chi connectivity index (χ1n) is 7.87. The second-order valence-electron chi connectivity index (χ2n) is 5.51. The third kappa shape index (κ3) is 4.84. The molecule has 0 aliphatic rings. The zero-order valence-electron chi connectivity index (χ0n) is 13.3. The van der Waals surface area contributed by atoms with E-state index in [2.05, 4.69) is 10.3 Å². The lowest BCUT2D eigenvalue weighted by Gasteiger charge is -2.07. The van der Waals surface area contributed by atoms with E-state index in [0.717, 1.165) is 11.3 Å². The van der Waals surface area contributed by atoms with E-state index in [1.807, 2.05) is 30.3 Å². The number of anilines is 1. The number of nitrogens with zero attached hydrogens (tertiary/aromatic N) is 1. The zero-order valence-corrected chi connectivity index (χ0v) is 14.8. The van der Waals surface area contributed by atoms with Crippen molar-refractivity contribution >= 4 is 34.8 Å². The Morgan fingerprint density at radius 3 is 2.72 bits per heavy atom. The summed E-state index contributed by atoms with van der Waals surface area (Å²) in [7, 11) is 0. The van der Waals surface area contributed by atoms with Gasteiger partial charge in [0, 0.05) is 23.4 Å². The van der Waals surface area contributed by atoms with Gasteiger partial charge in [0.25, 0.3) is 0 Å². The minimum absolute atomic E-state index is 0.126. The van der Waals surface area contributed by atoms with Gasteiger partial charge in [-0.2, -0.15) is 0 Å². The summed E-state index contributed by atoms with van der Waals surface area (Å²) in [6, 6.07) is 14.7. The maximum Gasteiger partial charge on any atom is 0.224 e. The van der Waals surface area contributed by atoms with Gasteiger partial charge in [0.2, 0.25) is 5.91 Å². The highest BCUT2D eigenvalue weighted by Gasteiger charge is 2.09. The largest absolute Gasteiger partial charge is 0.441 e. The molecule has 0 radical (unpaired) electrons. The summed E-state index contributed by atoms with van der Waals surface area (Å²) in [5, 5.41) is 3.74. The summed E-state index contributed by atoms with van der Waals surface area (Å²) in [4.78, 5) is 16.3. The Morgan fingerprint density at radius 2 is 1.92 bits per heavy atom. The second-order valence-corrected chi connectivity index (χ2v) is 6.35. The average molecular weight is 375 g/mol. The number of hydrogen-bond acceptors (Lipinski definition) is 3. The van der Waals surface area contributed by atoms with E-state index in [4.69, 9.17) is 27.6 Å². The van der Waals surface area contributed by atoms with Crippen LogP contribution in [0.4, 0.5) is 5.69 Å². The van der Waals surface area contributed by atoms with Crippen LogP contribution < -0.4 is 5.32 Å². The number of carbonyl (C=O) groups excluding carboxylic acids is 1. The molecule has 0 fully saturated rings. The molecule has 0 spiro atoms. The van der Waals surface area contributed by atoms with E-state index in [-0.39, 0.29) is 5.91 Å². The molecule has 4 nitrogen and oxygen atoms in total. The van der Waals surface area contributed by atoms with E-state index in [1.54, 1.807) is 24.4 Å². The molecule has 0 atom stereocenters. The fourth-order valence-electron chi connectivity index (χ4n) is 2.37. The molecule has 6 heteroatoms. The Bertz CT molecular complexity index is 863. The van der Waals surface area contributed by atoms with Crippen molar-refractivity contribution in [1.29, 1.82) is 0 Å². The normalized spacial score (nSPS) is 10.6. The van der Waals surface area contributed by atoms with Crippen LogP contribution in [-0.2, 0) is 11.2 Å². The van der Waals surface area contributed by atoms with Gasteiger partial charge in [0.05, 0.1) is 16.9 Å². The van der Waals surface area contributed by atoms with E-state index >= 15 is 0 Å². The summed E-state index contributed by atoms with van der Waals surface area (Å²) in [6.45, 7) is 0. The third-order valence-electron chi connectivity index (χ3n) is 3.61. The predicted octanol–water partition coefficient (Wildman–Crippen LogP) is 5.61. The molecule has 128 valence electrons.